The summed E-state index contributed by atoms with van der Waals surface area (Å²) < 4.78 is 48.7. The summed E-state index contributed by atoms with van der Waals surface area (Å²) in [5.74, 6) is -1.25. The molecule has 0 radical (unpaired) electrons. The molecule has 3 N–H and O–H groups in total. The fourth-order valence-electron chi connectivity index (χ4n) is 5.24. The average molecular weight is 591 g/mol. The molecule has 1 saturated carbocycles. The van der Waals surface area contributed by atoms with Gasteiger partial charge in [-0.2, -0.15) is 0 Å². The summed E-state index contributed by atoms with van der Waals surface area (Å²) in [6.45, 7) is 3.78. The van der Waals surface area contributed by atoms with Crippen molar-refractivity contribution in [1.29, 1.82) is 0 Å². The lowest BCUT2D eigenvalue weighted by Crippen LogP contribution is -2.52. The number of benzene rings is 2. The summed E-state index contributed by atoms with van der Waals surface area (Å²) in [6, 6.07) is 8.33. The van der Waals surface area contributed by atoms with E-state index in [1.54, 1.807) is 23.8 Å². The maximum Gasteiger partial charge on any atom is 0.317 e. The highest BCUT2D eigenvalue weighted by Crippen LogP contribution is 2.36. The number of aliphatic hydroxyl groups excluding tert-OH is 1. The van der Waals surface area contributed by atoms with Crippen LogP contribution in [0.25, 0.3) is 0 Å². The largest absolute Gasteiger partial charge is 0.485 e. The maximum absolute atomic E-state index is 13.7. The van der Waals surface area contributed by atoms with Crippen LogP contribution >= 0.6 is 0 Å². The highest BCUT2D eigenvalue weighted by molar-refractivity contribution is 7.92. The van der Waals surface area contributed by atoms with E-state index in [2.05, 4.69) is 10.0 Å². The molecule has 12 heteroatoms. The molecule has 1 fully saturated rings. The van der Waals surface area contributed by atoms with Crippen LogP contribution in [0, 0.1) is 11.7 Å². The number of rotatable bonds is 8. The maximum atomic E-state index is 13.7. The van der Waals surface area contributed by atoms with Gasteiger partial charge in [-0.15, -0.1) is 0 Å². The molecule has 224 valence electrons. The van der Waals surface area contributed by atoms with Gasteiger partial charge in [0.1, 0.15) is 11.9 Å². The van der Waals surface area contributed by atoms with E-state index in [1.165, 1.54) is 24.6 Å². The number of halogens is 1. The summed E-state index contributed by atoms with van der Waals surface area (Å²) in [7, 11) is -2.48. The first-order chi connectivity index (χ1) is 19.5. The molecule has 2 aliphatic rings. The molecule has 2 aromatic carbocycles. The van der Waals surface area contributed by atoms with Crippen LogP contribution in [0.1, 0.15) is 56.3 Å². The second-order valence-corrected chi connectivity index (χ2v) is 12.7. The molecule has 1 heterocycles. The molecule has 41 heavy (non-hydrogen) atoms. The number of ether oxygens (including phenoxy) is 1. The van der Waals surface area contributed by atoms with Gasteiger partial charge in [0.25, 0.3) is 15.9 Å². The quantitative estimate of drug-likeness (QED) is 0.429. The normalized spacial score (nSPS) is 20.7. The van der Waals surface area contributed by atoms with Crippen LogP contribution < -0.4 is 14.8 Å². The Kier molecular flexibility index (Phi) is 9.75. The van der Waals surface area contributed by atoms with Crippen molar-refractivity contribution in [2.24, 2.45) is 5.92 Å². The number of hydrogen-bond acceptors (Lipinski definition) is 6. The molecule has 0 aromatic heterocycles. The smallest absolute Gasteiger partial charge is 0.317 e. The standard InChI is InChI=1S/C29H39FN4O6S/c1-19-16-34(20(2)18-35)28(36)24-10-7-11-25(32-41(38,39)23-14-12-21(30)13-15-23)27(24)40-26(19)17-33(3)29(37)31-22-8-5-4-6-9-22/h7,10-15,19-20,22,26,32,35H,4-6,8-9,16-18H2,1-3H3,(H,31,37)/t19-,20+,26+/m0/s1. The molecule has 0 unspecified atom stereocenters. The zero-order valence-corrected chi connectivity index (χ0v) is 24.5. The predicted octanol–water partition coefficient (Wildman–Crippen LogP) is 3.82. The van der Waals surface area contributed by atoms with Gasteiger partial charge in [0.15, 0.2) is 5.75 Å². The Morgan fingerprint density at radius 2 is 1.85 bits per heavy atom. The van der Waals surface area contributed by atoms with Gasteiger partial charge in [-0.05, 0) is 56.2 Å². The van der Waals surface area contributed by atoms with Crippen molar-refractivity contribution < 1.29 is 32.2 Å². The van der Waals surface area contributed by atoms with Gasteiger partial charge in [-0.25, -0.2) is 17.6 Å². The Hall–Kier alpha value is -3.38. The monoisotopic (exact) mass is 590 g/mol. The number of carbonyl (C=O) groups excluding carboxylic acids is 2. The molecule has 3 atom stereocenters. The fourth-order valence-corrected chi connectivity index (χ4v) is 6.31. The van der Waals surface area contributed by atoms with Crippen LogP contribution in [0.4, 0.5) is 14.9 Å². The molecule has 0 bridgehead atoms. The van der Waals surface area contributed by atoms with Gasteiger partial charge in [0, 0.05) is 25.6 Å². The number of carbonyl (C=O) groups is 2. The summed E-state index contributed by atoms with van der Waals surface area (Å²) >= 11 is 0. The van der Waals surface area contributed by atoms with Gasteiger partial charge >= 0.3 is 6.03 Å². The van der Waals surface area contributed by atoms with Crippen molar-refractivity contribution in [1.82, 2.24) is 15.1 Å². The van der Waals surface area contributed by atoms with E-state index in [9.17, 15) is 27.5 Å². The second-order valence-electron chi connectivity index (χ2n) is 11.0. The molecule has 1 aliphatic heterocycles. The van der Waals surface area contributed by atoms with Gasteiger partial charge in [-0.3, -0.25) is 9.52 Å². The number of fused-ring (bicyclic) bond motifs is 1. The van der Waals surface area contributed by atoms with E-state index in [1.807, 2.05) is 6.92 Å². The number of nitrogens with zero attached hydrogens (tertiary/aromatic N) is 2. The van der Waals surface area contributed by atoms with Crippen LogP contribution in [0.5, 0.6) is 5.75 Å². The second kappa shape index (κ2) is 13.1. The summed E-state index contributed by atoms with van der Waals surface area (Å²) in [6.07, 6.45) is 4.60. The Morgan fingerprint density at radius 1 is 1.17 bits per heavy atom. The molecular weight excluding hydrogens is 551 g/mol. The molecule has 0 saturated heterocycles. The number of amides is 3. The number of anilines is 1. The average Bonchev–Trinajstić information content (AvgIpc) is 2.95. The van der Waals surface area contributed by atoms with E-state index in [0.29, 0.717) is 0 Å². The third kappa shape index (κ3) is 7.28. The van der Waals surface area contributed by atoms with Gasteiger partial charge < -0.3 is 25.0 Å². The van der Waals surface area contributed by atoms with Crippen LogP contribution in [-0.4, -0.2) is 80.2 Å². The molecule has 4 rings (SSSR count). The van der Waals surface area contributed by atoms with E-state index in [-0.39, 0.29) is 59.6 Å². The third-order valence-electron chi connectivity index (χ3n) is 7.79. The minimum Gasteiger partial charge on any atom is -0.485 e. The first kappa shape index (κ1) is 30.6. The molecule has 0 spiro atoms. The van der Waals surface area contributed by atoms with E-state index in [4.69, 9.17) is 4.74 Å². The molecule has 2 aromatic rings. The van der Waals surface area contributed by atoms with Crippen LogP contribution in [0.3, 0.4) is 0 Å². The van der Waals surface area contributed by atoms with Crippen molar-refractivity contribution in [3.05, 3.63) is 53.8 Å². The number of hydrogen-bond donors (Lipinski definition) is 3. The van der Waals surface area contributed by atoms with E-state index >= 15 is 0 Å². The number of sulfonamides is 1. The number of likely N-dealkylation sites (N-methyl/N-ethyl adjacent to an activating group) is 1. The predicted molar refractivity (Wildman–Crippen MR) is 153 cm³/mol. The Labute approximate surface area is 240 Å². The fraction of sp³-hybridized carbons (Fsp3) is 0.517. The van der Waals surface area contributed by atoms with Crippen molar-refractivity contribution in [3.8, 4) is 5.75 Å². The minimum atomic E-state index is -4.16. The van der Waals surface area contributed by atoms with Crippen molar-refractivity contribution in [2.45, 2.75) is 69.0 Å². The lowest BCUT2D eigenvalue weighted by Gasteiger charge is -2.38. The molecule has 3 amide bonds. The Balaban J connectivity index is 1.66. The molecule has 10 nitrogen and oxygen atoms in total. The number of para-hydroxylation sites is 1. The highest BCUT2D eigenvalue weighted by atomic mass is 32.2. The number of nitrogens with one attached hydrogen (secondary N) is 2. The van der Waals surface area contributed by atoms with Crippen LogP contribution in [-0.2, 0) is 10.0 Å². The first-order valence-electron chi connectivity index (χ1n) is 14.0. The summed E-state index contributed by atoms with van der Waals surface area (Å²) in [5, 5.41) is 13.0. The third-order valence-corrected chi connectivity index (χ3v) is 9.17. The zero-order chi connectivity index (χ0) is 29.7. The van der Waals surface area contributed by atoms with Gasteiger partial charge in [-0.1, -0.05) is 32.3 Å². The van der Waals surface area contributed by atoms with Gasteiger partial charge in [0.05, 0.1) is 35.3 Å². The first-order valence-corrected chi connectivity index (χ1v) is 15.5. The van der Waals surface area contributed by atoms with Crippen molar-refractivity contribution in [3.63, 3.8) is 0 Å². The lowest BCUT2D eigenvalue weighted by molar-refractivity contribution is 0.0368. The van der Waals surface area contributed by atoms with Gasteiger partial charge in [0.2, 0.25) is 0 Å². The van der Waals surface area contributed by atoms with Crippen molar-refractivity contribution >= 4 is 27.6 Å². The SMILES string of the molecule is C[C@H](CO)N1C[C@H](C)[C@@H](CN(C)C(=O)NC2CCCCC2)Oc2c(NS(=O)(=O)c3ccc(F)cc3)cccc2C1=O. The number of aliphatic hydroxyl groups is 1. The van der Waals surface area contributed by atoms with Crippen LogP contribution in [0.15, 0.2) is 47.4 Å². The Bertz CT molecular complexity index is 1330. The number of urea groups is 1. The molecule has 1 aliphatic carbocycles. The Morgan fingerprint density at radius 3 is 2.51 bits per heavy atom. The summed E-state index contributed by atoms with van der Waals surface area (Å²) in [4.78, 5) is 29.6. The minimum absolute atomic E-state index is 0.0240. The van der Waals surface area contributed by atoms with Crippen LogP contribution in [0.2, 0.25) is 0 Å². The topological polar surface area (TPSA) is 128 Å². The van der Waals surface area contributed by atoms with E-state index in [0.717, 1.165) is 49.9 Å². The molecular formula is C29H39FN4O6S. The van der Waals surface area contributed by atoms with Crippen molar-refractivity contribution in [2.75, 3.05) is 31.5 Å². The van der Waals surface area contributed by atoms with E-state index < -0.39 is 33.9 Å². The lowest BCUT2D eigenvalue weighted by atomic mass is 9.96. The zero-order valence-electron chi connectivity index (χ0n) is 23.7. The summed E-state index contributed by atoms with van der Waals surface area (Å²) in [5.41, 5.74) is 0.154. The highest BCUT2D eigenvalue weighted by Gasteiger charge is 2.35.